The SMILES string of the molecule is COC(=O)C(=O)c1cccc2c1ccn2C. The fourth-order valence-electron chi connectivity index (χ4n) is 1.70. The molecule has 0 fully saturated rings. The third-order valence-corrected chi connectivity index (χ3v) is 2.54. The van der Waals surface area contributed by atoms with Gasteiger partial charge in [-0.2, -0.15) is 0 Å². The number of hydrogen-bond acceptors (Lipinski definition) is 3. The molecule has 0 saturated heterocycles. The summed E-state index contributed by atoms with van der Waals surface area (Å²) in [5.74, 6) is -1.45. The van der Waals surface area contributed by atoms with Crippen molar-refractivity contribution >= 4 is 22.7 Å². The van der Waals surface area contributed by atoms with E-state index in [1.165, 1.54) is 7.11 Å². The fourth-order valence-corrected chi connectivity index (χ4v) is 1.70. The predicted molar refractivity (Wildman–Crippen MR) is 59.3 cm³/mol. The molecule has 2 aromatic rings. The van der Waals surface area contributed by atoms with Crippen molar-refractivity contribution in [2.24, 2.45) is 7.05 Å². The number of esters is 1. The van der Waals surface area contributed by atoms with Gasteiger partial charge in [0.05, 0.1) is 7.11 Å². The van der Waals surface area contributed by atoms with Crippen LogP contribution >= 0.6 is 0 Å². The normalized spacial score (nSPS) is 10.4. The molecular weight excluding hydrogens is 206 g/mol. The van der Waals surface area contributed by atoms with Crippen LogP contribution in [0.4, 0.5) is 0 Å². The van der Waals surface area contributed by atoms with Gasteiger partial charge in [-0.15, -0.1) is 0 Å². The molecule has 0 aliphatic rings. The summed E-state index contributed by atoms with van der Waals surface area (Å²) in [5, 5.41) is 0.764. The fraction of sp³-hybridized carbons (Fsp3) is 0.167. The highest BCUT2D eigenvalue weighted by Gasteiger charge is 2.19. The molecule has 1 heterocycles. The first kappa shape index (κ1) is 10.4. The van der Waals surface area contributed by atoms with Crippen molar-refractivity contribution in [1.29, 1.82) is 0 Å². The van der Waals surface area contributed by atoms with Crippen LogP contribution in [0.1, 0.15) is 10.4 Å². The zero-order valence-electron chi connectivity index (χ0n) is 9.06. The smallest absolute Gasteiger partial charge is 0.379 e. The van der Waals surface area contributed by atoms with Gasteiger partial charge in [0.1, 0.15) is 0 Å². The number of Topliss-reactive ketones (excluding diaryl/α,β-unsaturated/α-hetero) is 1. The van der Waals surface area contributed by atoms with Crippen molar-refractivity contribution in [1.82, 2.24) is 4.57 Å². The maximum Gasteiger partial charge on any atom is 0.379 e. The highest BCUT2D eigenvalue weighted by atomic mass is 16.5. The summed E-state index contributed by atoms with van der Waals surface area (Å²) in [6.07, 6.45) is 1.85. The van der Waals surface area contributed by atoms with Crippen molar-refractivity contribution in [3.8, 4) is 0 Å². The Bertz CT molecular complexity index is 569. The van der Waals surface area contributed by atoms with Gasteiger partial charge >= 0.3 is 5.97 Å². The van der Waals surface area contributed by atoms with E-state index in [1.807, 2.05) is 29.9 Å². The number of ketones is 1. The standard InChI is InChI=1S/C12H11NO3/c1-13-7-6-8-9(4-3-5-10(8)13)11(14)12(15)16-2/h3-7H,1-2H3. The molecule has 16 heavy (non-hydrogen) atoms. The Balaban J connectivity index is 2.61. The van der Waals surface area contributed by atoms with Gasteiger partial charge in [-0.25, -0.2) is 4.79 Å². The van der Waals surface area contributed by atoms with E-state index >= 15 is 0 Å². The van der Waals surface area contributed by atoms with E-state index in [4.69, 9.17) is 0 Å². The Hall–Kier alpha value is -2.10. The highest BCUT2D eigenvalue weighted by Crippen LogP contribution is 2.20. The molecule has 0 saturated carbocycles. The lowest BCUT2D eigenvalue weighted by Gasteiger charge is -2.02. The van der Waals surface area contributed by atoms with Crippen LogP contribution < -0.4 is 0 Å². The monoisotopic (exact) mass is 217 g/mol. The lowest BCUT2D eigenvalue weighted by Crippen LogP contribution is -2.15. The van der Waals surface area contributed by atoms with Gasteiger partial charge in [-0.1, -0.05) is 12.1 Å². The van der Waals surface area contributed by atoms with Crippen LogP contribution in [-0.4, -0.2) is 23.4 Å². The summed E-state index contributed by atoms with van der Waals surface area (Å²) < 4.78 is 6.32. The van der Waals surface area contributed by atoms with Crippen LogP contribution in [-0.2, 0) is 16.6 Å². The Morgan fingerprint density at radius 3 is 2.69 bits per heavy atom. The summed E-state index contributed by atoms with van der Waals surface area (Å²) in [6.45, 7) is 0. The van der Waals surface area contributed by atoms with Crippen LogP contribution in [0.3, 0.4) is 0 Å². The van der Waals surface area contributed by atoms with Gasteiger partial charge in [-0.05, 0) is 12.1 Å². The van der Waals surface area contributed by atoms with Crippen molar-refractivity contribution in [2.75, 3.05) is 7.11 Å². The van der Waals surface area contributed by atoms with E-state index < -0.39 is 11.8 Å². The highest BCUT2D eigenvalue weighted by molar-refractivity contribution is 6.42. The van der Waals surface area contributed by atoms with Crippen molar-refractivity contribution in [3.05, 3.63) is 36.0 Å². The summed E-state index contributed by atoms with van der Waals surface area (Å²) in [7, 11) is 3.08. The summed E-state index contributed by atoms with van der Waals surface area (Å²) in [6, 6.07) is 7.08. The van der Waals surface area contributed by atoms with Gasteiger partial charge < -0.3 is 9.30 Å². The number of carbonyl (C=O) groups is 2. The summed E-state index contributed by atoms with van der Waals surface area (Å²) in [4.78, 5) is 22.9. The van der Waals surface area contributed by atoms with Gasteiger partial charge in [0.25, 0.3) is 5.78 Å². The Kier molecular flexibility index (Phi) is 2.48. The number of fused-ring (bicyclic) bond motifs is 1. The zero-order valence-corrected chi connectivity index (χ0v) is 9.06. The predicted octanol–water partition coefficient (Wildman–Crippen LogP) is 1.53. The van der Waals surface area contributed by atoms with Crippen LogP contribution in [0, 0.1) is 0 Å². The number of hydrogen-bond donors (Lipinski definition) is 0. The molecule has 2 rings (SSSR count). The van der Waals surface area contributed by atoms with Crippen LogP contribution in [0.15, 0.2) is 30.5 Å². The lowest BCUT2D eigenvalue weighted by atomic mass is 10.1. The first-order valence-corrected chi connectivity index (χ1v) is 4.82. The molecule has 0 aliphatic heterocycles. The molecule has 1 aromatic heterocycles. The number of aryl methyl sites for hydroxylation is 1. The van der Waals surface area contributed by atoms with E-state index in [9.17, 15) is 9.59 Å². The quantitative estimate of drug-likeness (QED) is 0.435. The van der Waals surface area contributed by atoms with Crippen molar-refractivity contribution < 1.29 is 14.3 Å². The lowest BCUT2D eigenvalue weighted by molar-refractivity contribution is -0.135. The number of nitrogens with zero attached hydrogens (tertiary/aromatic N) is 1. The average molecular weight is 217 g/mol. The maximum absolute atomic E-state index is 11.7. The van der Waals surface area contributed by atoms with E-state index in [2.05, 4.69) is 4.74 Å². The minimum absolute atomic E-state index is 0.380. The molecule has 0 unspecified atom stereocenters. The summed E-state index contributed by atoms with van der Waals surface area (Å²) in [5.41, 5.74) is 1.29. The second kappa shape index (κ2) is 3.81. The molecule has 4 nitrogen and oxygen atoms in total. The largest absolute Gasteiger partial charge is 0.463 e. The number of carbonyl (C=O) groups excluding carboxylic acids is 2. The average Bonchev–Trinajstić information content (AvgIpc) is 2.69. The van der Waals surface area contributed by atoms with E-state index in [-0.39, 0.29) is 0 Å². The Morgan fingerprint density at radius 2 is 2.00 bits per heavy atom. The second-order valence-electron chi connectivity index (χ2n) is 3.49. The van der Waals surface area contributed by atoms with E-state index in [0.717, 1.165) is 10.9 Å². The molecule has 0 radical (unpaired) electrons. The van der Waals surface area contributed by atoms with E-state index in [0.29, 0.717) is 5.56 Å². The first-order chi connectivity index (χ1) is 7.65. The van der Waals surface area contributed by atoms with E-state index in [1.54, 1.807) is 12.1 Å². The van der Waals surface area contributed by atoms with Crippen LogP contribution in [0.5, 0.6) is 0 Å². The summed E-state index contributed by atoms with van der Waals surface area (Å²) >= 11 is 0. The second-order valence-corrected chi connectivity index (χ2v) is 3.49. The first-order valence-electron chi connectivity index (χ1n) is 4.82. The van der Waals surface area contributed by atoms with Crippen LogP contribution in [0.2, 0.25) is 0 Å². The zero-order chi connectivity index (χ0) is 11.7. The molecule has 0 aliphatic carbocycles. The number of aromatic nitrogens is 1. The molecule has 0 atom stereocenters. The molecule has 1 aromatic carbocycles. The molecule has 4 heteroatoms. The van der Waals surface area contributed by atoms with Gasteiger partial charge in [0, 0.05) is 29.7 Å². The number of benzene rings is 1. The van der Waals surface area contributed by atoms with Gasteiger partial charge in [0.2, 0.25) is 0 Å². The topological polar surface area (TPSA) is 48.3 Å². The van der Waals surface area contributed by atoms with Crippen LogP contribution in [0.25, 0.3) is 10.9 Å². The molecular formula is C12H11NO3. The molecule has 82 valence electrons. The molecule has 0 bridgehead atoms. The molecule has 0 amide bonds. The Morgan fingerprint density at radius 1 is 1.25 bits per heavy atom. The number of rotatable bonds is 2. The van der Waals surface area contributed by atoms with Crippen molar-refractivity contribution in [3.63, 3.8) is 0 Å². The maximum atomic E-state index is 11.7. The number of methoxy groups -OCH3 is 1. The van der Waals surface area contributed by atoms with Crippen molar-refractivity contribution in [2.45, 2.75) is 0 Å². The van der Waals surface area contributed by atoms with Gasteiger partial charge in [-0.3, -0.25) is 4.79 Å². The molecule has 0 N–H and O–H groups in total. The minimum Gasteiger partial charge on any atom is -0.463 e. The Labute approximate surface area is 92.4 Å². The van der Waals surface area contributed by atoms with Gasteiger partial charge in [0.15, 0.2) is 0 Å². The third-order valence-electron chi connectivity index (χ3n) is 2.54. The number of ether oxygens (including phenoxy) is 1. The minimum atomic E-state index is -0.837. The molecule has 0 spiro atoms. The third kappa shape index (κ3) is 1.48.